The highest BCUT2D eigenvalue weighted by molar-refractivity contribution is 7.89. The first-order valence-electron chi connectivity index (χ1n) is 8.94. The smallest absolute Gasteiger partial charge is 0.289 e. The molecule has 0 radical (unpaired) electrons. The molecule has 8 heteroatoms. The van der Waals surface area contributed by atoms with Gasteiger partial charge >= 0.3 is 0 Å². The minimum absolute atomic E-state index is 0.201. The third-order valence-electron chi connectivity index (χ3n) is 6.12. The van der Waals surface area contributed by atoms with Crippen LogP contribution in [0.5, 0.6) is 0 Å². The summed E-state index contributed by atoms with van der Waals surface area (Å²) in [5.41, 5.74) is -0.349. The average molecular weight is 365 g/mol. The van der Waals surface area contributed by atoms with Crippen LogP contribution in [-0.4, -0.2) is 54.8 Å². The molecule has 25 heavy (non-hydrogen) atoms. The van der Waals surface area contributed by atoms with Crippen molar-refractivity contribution in [3.05, 3.63) is 34.4 Å². The van der Waals surface area contributed by atoms with Gasteiger partial charge in [-0.3, -0.25) is 15.0 Å². The molecule has 1 aromatic carbocycles. The van der Waals surface area contributed by atoms with Crippen LogP contribution in [0.3, 0.4) is 0 Å². The normalized spacial score (nSPS) is 30.6. The van der Waals surface area contributed by atoms with Crippen LogP contribution < -0.4 is 0 Å². The summed E-state index contributed by atoms with van der Waals surface area (Å²) in [6.45, 7) is 2.24. The quantitative estimate of drug-likeness (QED) is 0.603. The van der Waals surface area contributed by atoms with Crippen molar-refractivity contribution in [3.63, 3.8) is 0 Å². The standard InChI is InChI=1S/C17H23N3O4S/c21-20(22)15-3-1-2-4-17(15)25(23,24)19-9-7-18(8-10-19)16-12-13-5-6-14(16)11-13/h1-4,13-14,16H,5-12H2/t13-,14+,16+/m0/s1. The predicted molar refractivity (Wildman–Crippen MR) is 92.7 cm³/mol. The second-order valence-electron chi connectivity index (χ2n) is 7.41. The summed E-state index contributed by atoms with van der Waals surface area (Å²) in [5, 5.41) is 11.2. The summed E-state index contributed by atoms with van der Waals surface area (Å²) in [7, 11) is -3.83. The van der Waals surface area contributed by atoms with E-state index in [1.54, 1.807) is 0 Å². The second kappa shape index (κ2) is 6.34. The molecule has 1 heterocycles. The lowest BCUT2D eigenvalue weighted by Crippen LogP contribution is -2.53. The van der Waals surface area contributed by atoms with Crippen LogP contribution in [0.1, 0.15) is 25.7 Å². The SMILES string of the molecule is O=[N+]([O-])c1ccccc1S(=O)(=O)N1CCN([C@@H]2C[C@H]3CC[C@@H]2C3)CC1. The van der Waals surface area contributed by atoms with E-state index in [9.17, 15) is 18.5 Å². The van der Waals surface area contributed by atoms with E-state index in [0.29, 0.717) is 32.2 Å². The summed E-state index contributed by atoms with van der Waals surface area (Å²) in [6.07, 6.45) is 5.25. The maximum atomic E-state index is 12.9. The van der Waals surface area contributed by atoms with E-state index in [4.69, 9.17) is 0 Å². The van der Waals surface area contributed by atoms with Crippen LogP contribution >= 0.6 is 0 Å². The third-order valence-corrected chi connectivity index (χ3v) is 8.07. The zero-order valence-electron chi connectivity index (χ0n) is 14.1. The molecular formula is C17H23N3O4S. The van der Waals surface area contributed by atoms with Gasteiger partial charge in [-0.15, -0.1) is 0 Å². The molecule has 1 aromatic rings. The van der Waals surface area contributed by atoms with Crippen molar-refractivity contribution < 1.29 is 13.3 Å². The summed E-state index contributed by atoms with van der Waals surface area (Å²) < 4.78 is 27.1. The lowest BCUT2D eigenvalue weighted by Gasteiger charge is -2.40. The van der Waals surface area contributed by atoms with E-state index in [2.05, 4.69) is 4.90 Å². The van der Waals surface area contributed by atoms with E-state index in [1.807, 2.05) is 0 Å². The van der Waals surface area contributed by atoms with Gasteiger partial charge in [0.1, 0.15) is 0 Å². The number of benzene rings is 1. The molecule has 3 fully saturated rings. The molecule has 4 rings (SSSR count). The Kier molecular flexibility index (Phi) is 4.29. The van der Waals surface area contributed by atoms with Crippen molar-refractivity contribution in [2.75, 3.05) is 26.2 Å². The summed E-state index contributed by atoms with van der Waals surface area (Å²) in [5.74, 6) is 1.65. The van der Waals surface area contributed by atoms with E-state index in [-0.39, 0.29) is 10.6 Å². The monoisotopic (exact) mass is 365 g/mol. The minimum Gasteiger partial charge on any atom is -0.297 e. The third kappa shape index (κ3) is 2.96. The molecule has 7 nitrogen and oxygen atoms in total. The fourth-order valence-corrected chi connectivity index (χ4v) is 6.48. The molecule has 0 spiro atoms. The predicted octanol–water partition coefficient (Wildman–Crippen LogP) is 2.09. The Hall–Kier alpha value is -1.51. The molecule has 2 bridgehead atoms. The van der Waals surface area contributed by atoms with E-state index < -0.39 is 14.9 Å². The van der Waals surface area contributed by atoms with Crippen LogP contribution in [-0.2, 0) is 10.0 Å². The highest BCUT2D eigenvalue weighted by Gasteiger charge is 2.43. The number of fused-ring (bicyclic) bond motifs is 2. The van der Waals surface area contributed by atoms with Crippen LogP contribution in [0.25, 0.3) is 0 Å². The topological polar surface area (TPSA) is 83.8 Å². The van der Waals surface area contributed by atoms with Gasteiger partial charge in [0.05, 0.1) is 4.92 Å². The largest absolute Gasteiger partial charge is 0.297 e. The Morgan fingerprint density at radius 1 is 1.04 bits per heavy atom. The van der Waals surface area contributed by atoms with E-state index >= 15 is 0 Å². The molecule has 0 aromatic heterocycles. The lowest BCUT2D eigenvalue weighted by molar-refractivity contribution is -0.387. The molecule has 0 unspecified atom stereocenters. The van der Waals surface area contributed by atoms with Gasteiger partial charge in [-0.25, -0.2) is 8.42 Å². The number of rotatable bonds is 4. The molecular weight excluding hydrogens is 342 g/mol. The van der Waals surface area contributed by atoms with Gasteiger partial charge in [0.2, 0.25) is 10.0 Å². The molecule has 1 aliphatic heterocycles. The van der Waals surface area contributed by atoms with Crippen molar-refractivity contribution in [2.24, 2.45) is 11.8 Å². The van der Waals surface area contributed by atoms with Gasteiger partial charge < -0.3 is 0 Å². The molecule has 2 aliphatic carbocycles. The Balaban J connectivity index is 1.48. The van der Waals surface area contributed by atoms with Crippen LogP contribution in [0.4, 0.5) is 5.69 Å². The Morgan fingerprint density at radius 2 is 1.76 bits per heavy atom. The minimum atomic E-state index is -3.83. The summed E-state index contributed by atoms with van der Waals surface area (Å²) >= 11 is 0. The van der Waals surface area contributed by atoms with E-state index in [1.165, 1.54) is 54.3 Å². The fourth-order valence-electron chi connectivity index (χ4n) is 4.90. The van der Waals surface area contributed by atoms with Crippen LogP contribution in [0.2, 0.25) is 0 Å². The van der Waals surface area contributed by atoms with Crippen molar-refractivity contribution in [3.8, 4) is 0 Å². The molecule has 3 atom stereocenters. The number of nitro groups is 1. The summed E-state index contributed by atoms with van der Waals surface area (Å²) in [4.78, 5) is 12.8. The molecule has 136 valence electrons. The fraction of sp³-hybridized carbons (Fsp3) is 0.647. The van der Waals surface area contributed by atoms with Gasteiger partial charge in [-0.2, -0.15) is 4.31 Å². The van der Waals surface area contributed by atoms with Gasteiger partial charge in [0.15, 0.2) is 4.90 Å². The Bertz CT molecular complexity index is 774. The summed E-state index contributed by atoms with van der Waals surface area (Å²) in [6, 6.07) is 6.21. The Labute approximate surface area is 147 Å². The van der Waals surface area contributed by atoms with Gasteiger partial charge in [-0.1, -0.05) is 18.6 Å². The lowest BCUT2D eigenvalue weighted by atomic mass is 9.93. The van der Waals surface area contributed by atoms with E-state index in [0.717, 1.165) is 11.8 Å². The van der Waals surface area contributed by atoms with Crippen LogP contribution in [0.15, 0.2) is 29.2 Å². The number of hydrogen-bond donors (Lipinski definition) is 0. The zero-order chi connectivity index (χ0) is 17.6. The number of nitrogens with zero attached hydrogens (tertiary/aromatic N) is 3. The molecule has 1 saturated heterocycles. The highest BCUT2D eigenvalue weighted by Crippen LogP contribution is 2.46. The van der Waals surface area contributed by atoms with Crippen LogP contribution in [0, 0.1) is 22.0 Å². The molecule has 3 aliphatic rings. The molecule has 2 saturated carbocycles. The maximum absolute atomic E-state index is 12.9. The number of hydrogen-bond acceptors (Lipinski definition) is 5. The number of para-hydroxylation sites is 1. The van der Waals surface area contributed by atoms with Gasteiger partial charge in [0.25, 0.3) is 5.69 Å². The van der Waals surface area contributed by atoms with Gasteiger partial charge in [0, 0.05) is 38.3 Å². The van der Waals surface area contributed by atoms with Crippen molar-refractivity contribution in [1.82, 2.24) is 9.21 Å². The number of sulfonamides is 1. The van der Waals surface area contributed by atoms with Crippen molar-refractivity contribution >= 4 is 15.7 Å². The number of nitro benzene ring substituents is 1. The Morgan fingerprint density at radius 3 is 2.36 bits per heavy atom. The second-order valence-corrected chi connectivity index (χ2v) is 9.31. The van der Waals surface area contributed by atoms with Gasteiger partial charge in [-0.05, 0) is 37.2 Å². The first-order chi connectivity index (χ1) is 12.0. The van der Waals surface area contributed by atoms with Crippen molar-refractivity contribution in [2.45, 2.75) is 36.6 Å². The maximum Gasteiger partial charge on any atom is 0.289 e. The highest BCUT2D eigenvalue weighted by atomic mass is 32.2. The first-order valence-corrected chi connectivity index (χ1v) is 10.4. The zero-order valence-corrected chi connectivity index (χ0v) is 14.9. The average Bonchev–Trinajstić information content (AvgIpc) is 3.25. The van der Waals surface area contributed by atoms with Crippen molar-refractivity contribution in [1.29, 1.82) is 0 Å². The molecule has 0 N–H and O–H groups in total. The molecule has 0 amide bonds. The number of piperazine rings is 1. The first kappa shape index (κ1) is 16.9.